The zero-order valence-corrected chi connectivity index (χ0v) is 10.1. The van der Waals surface area contributed by atoms with Crippen LogP contribution in [0.4, 0.5) is 0 Å². The molecule has 0 spiro atoms. The van der Waals surface area contributed by atoms with Crippen molar-refractivity contribution in [2.24, 2.45) is 0 Å². The minimum atomic E-state index is -3.34. The second-order valence-electron chi connectivity index (χ2n) is 3.86. The van der Waals surface area contributed by atoms with Crippen LogP contribution in [0, 0.1) is 0 Å². The summed E-state index contributed by atoms with van der Waals surface area (Å²) >= 11 is 0. The third kappa shape index (κ3) is 4.76. The molecule has 5 nitrogen and oxygen atoms in total. The van der Waals surface area contributed by atoms with Gasteiger partial charge >= 0.3 is 5.97 Å². The topological polar surface area (TPSA) is 69.7 Å². The summed E-state index contributed by atoms with van der Waals surface area (Å²) < 4.78 is 30.9. The molecule has 0 aromatic rings. The summed E-state index contributed by atoms with van der Waals surface area (Å²) in [7, 11) is -3.34. The van der Waals surface area contributed by atoms with E-state index in [0.29, 0.717) is 18.4 Å². The van der Waals surface area contributed by atoms with Gasteiger partial charge in [-0.3, -0.25) is 4.18 Å². The van der Waals surface area contributed by atoms with Gasteiger partial charge in [0.1, 0.15) is 6.10 Å². The maximum absolute atomic E-state index is 11.0. The number of esters is 1. The van der Waals surface area contributed by atoms with Crippen LogP contribution in [0.2, 0.25) is 0 Å². The highest BCUT2D eigenvalue weighted by Gasteiger charge is 2.26. The number of carbonyl (C=O) groups excluding carboxylic acids is 1. The summed E-state index contributed by atoms with van der Waals surface area (Å²) in [5, 5.41) is 0. The molecule has 0 N–H and O–H groups in total. The Morgan fingerprint density at radius 2 is 2.19 bits per heavy atom. The van der Waals surface area contributed by atoms with Crippen LogP contribution in [0.1, 0.15) is 25.7 Å². The van der Waals surface area contributed by atoms with Gasteiger partial charge in [0.25, 0.3) is 10.1 Å². The average Bonchev–Trinajstić information content (AvgIpc) is 2.44. The van der Waals surface area contributed by atoms with Gasteiger partial charge in [-0.1, -0.05) is 6.58 Å². The van der Waals surface area contributed by atoms with E-state index in [9.17, 15) is 13.2 Å². The molecule has 1 heterocycles. The SMILES string of the molecule is C=C1CC(CCCCOS(C)(=O)=O)OC1=O. The Labute approximate surface area is 95.6 Å². The zero-order valence-electron chi connectivity index (χ0n) is 9.27. The van der Waals surface area contributed by atoms with Gasteiger partial charge in [0, 0.05) is 12.0 Å². The van der Waals surface area contributed by atoms with E-state index in [2.05, 4.69) is 10.8 Å². The summed E-state index contributed by atoms with van der Waals surface area (Å²) in [5.74, 6) is -0.322. The lowest BCUT2D eigenvalue weighted by atomic mass is 10.1. The average molecular weight is 248 g/mol. The smallest absolute Gasteiger partial charge is 0.333 e. The van der Waals surface area contributed by atoms with Crippen LogP contribution in [-0.2, 0) is 23.8 Å². The first-order chi connectivity index (χ1) is 7.38. The molecule has 6 heteroatoms. The molecule has 16 heavy (non-hydrogen) atoms. The predicted octanol–water partition coefficient (Wildman–Crippen LogP) is 1.00. The second-order valence-corrected chi connectivity index (χ2v) is 5.50. The van der Waals surface area contributed by atoms with Crippen molar-refractivity contribution in [2.75, 3.05) is 12.9 Å². The molecule has 0 aliphatic carbocycles. The van der Waals surface area contributed by atoms with Crippen LogP contribution in [0.5, 0.6) is 0 Å². The Hall–Kier alpha value is -0.880. The lowest BCUT2D eigenvalue weighted by Gasteiger charge is -2.07. The molecule has 1 saturated heterocycles. The van der Waals surface area contributed by atoms with Crippen LogP contribution < -0.4 is 0 Å². The minimum absolute atomic E-state index is 0.0989. The maximum atomic E-state index is 11.0. The fourth-order valence-electron chi connectivity index (χ4n) is 1.48. The summed E-state index contributed by atoms with van der Waals surface area (Å²) in [6.07, 6.45) is 3.62. The fourth-order valence-corrected chi connectivity index (χ4v) is 1.90. The molecule has 0 saturated carbocycles. The van der Waals surface area contributed by atoms with Crippen molar-refractivity contribution < 1.29 is 22.1 Å². The number of cyclic esters (lactones) is 1. The molecule has 1 unspecified atom stereocenters. The molecular weight excluding hydrogens is 232 g/mol. The van der Waals surface area contributed by atoms with Gasteiger partial charge in [0.05, 0.1) is 12.9 Å². The summed E-state index contributed by atoms with van der Waals surface area (Å²) in [6, 6.07) is 0. The van der Waals surface area contributed by atoms with Gasteiger partial charge in [-0.15, -0.1) is 0 Å². The van der Waals surface area contributed by atoms with Crippen molar-refractivity contribution in [1.82, 2.24) is 0 Å². The van der Waals surface area contributed by atoms with Crippen LogP contribution in [-0.4, -0.2) is 33.4 Å². The number of unbranched alkanes of at least 4 members (excludes halogenated alkanes) is 1. The fraction of sp³-hybridized carbons (Fsp3) is 0.700. The minimum Gasteiger partial charge on any atom is -0.459 e. The van der Waals surface area contributed by atoms with E-state index in [1.807, 2.05) is 0 Å². The highest BCUT2D eigenvalue weighted by atomic mass is 32.2. The van der Waals surface area contributed by atoms with E-state index in [4.69, 9.17) is 4.74 Å². The Kier molecular flexibility index (Phi) is 4.49. The van der Waals surface area contributed by atoms with Crippen molar-refractivity contribution >= 4 is 16.1 Å². The van der Waals surface area contributed by atoms with Gasteiger partial charge in [0.2, 0.25) is 0 Å². The summed E-state index contributed by atoms with van der Waals surface area (Å²) in [4.78, 5) is 11.0. The normalized spacial score (nSPS) is 21.2. The Balaban J connectivity index is 2.09. The molecule has 0 aromatic carbocycles. The van der Waals surface area contributed by atoms with Crippen LogP contribution >= 0.6 is 0 Å². The molecular formula is C10H16O5S. The quantitative estimate of drug-likeness (QED) is 0.303. The molecule has 1 atom stereocenters. The molecule has 0 aromatic heterocycles. The molecule has 1 fully saturated rings. The molecule has 1 aliphatic rings. The van der Waals surface area contributed by atoms with Crippen molar-refractivity contribution in [3.05, 3.63) is 12.2 Å². The van der Waals surface area contributed by atoms with Gasteiger partial charge in [-0.05, 0) is 19.3 Å². The standard InChI is InChI=1S/C10H16O5S/c1-8-7-9(15-10(8)11)5-3-4-6-14-16(2,12)13/h9H,1,3-7H2,2H3. The number of hydrogen-bond donors (Lipinski definition) is 0. The highest BCUT2D eigenvalue weighted by molar-refractivity contribution is 7.85. The van der Waals surface area contributed by atoms with E-state index < -0.39 is 10.1 Å². The number of carbonyl (C=O) groups is 1. The monoisotopic (exact) mass is 248 g/mol. The van der Waals surface area contributed by atoms with Crippen molar-refractivity contribution in [3.8, 4) is 0 Å². The molecule has 0 bridgehead atoms. The highest BCUT2D eigenvalue weighted by Crippen LogP contribution is 2.22. The largest absolute Gasteiger partial charge is 0.459 e. The molecule has 0 amide bonds. The van der Waals surface area contributed by atoms with Gasteiger partial charge in [-0.2, -0.15) is 8.42 Å². The molecule has 1 rings (SSSR count). The first-order valence-electron chi connectivity index (χ1n) is 5.11. The third-order valence-electron chi connectivity index (χ3n) is 2.25. The number of hydrogen-bond acceptors (Lipinski definition) is 5. The Bertz CT molecular complexity index is 355. The van der Waals surface area contributed by atoms with E-state index >= 15 is 0 Å². The van der Waals surface area contributed by atoms with Crippen LogP contribution in [0.3, 0.4) is 0 Å². The predicted molar refractivity (Wildman–Crippen MR) is 58.3 cm³/mol. The summed E-state index contributed by atoms with van der Waals surface area (Å²) in [6.45, 7) is 3.76. The van der Waals surface area contributed by atoms with Crippen LogP contribution in [0.15, 0.2) is 12.2 Å². The van der Waals surface area contributed by atoms with Crippen molar-refractivity contribution in [1.29, 1.82) is 0 Å². The van der Waals surface area contributed by atoms with E-state index in [-0.39, 0.29) is 18.7 Å². The first kappa shape index (κ1) is 13.2. The lowest BCUT2D eigenvalue weighted by molar-refractivity contribution is -0.139. The second kappa shape index (κ2) is 5.45. The Morgan fingerprint density at radius 3 is 2.69 bits per heavy atom. The van der Waals surface area contributed by atoms with Crippen LogP contribution in [0.25, 0.3) is 0 Å². The Morgan fingerprint density at radius 1 is 1.50 bits per heavy atom. The molecule has 92 valence electrons. The van der Waals surface area contributed by atoms with E-state index in [1.165, 1.54) is 0 Å². The van der Waals surface area contributed by atoms with Crippen molar-refractivity contribution in [2.45, 2.75) is 31.8 Å². The van der Waals surface area contributed by atoms with E-state index in [1.54, 1.807) is 0 Å². The summed E-state index contributed by atoms with van der Waals surface area (Å²) in [5.41, 5.74) is 0.511. The van der Waals surface area contributed by atoms with Crippen molar-refractivity contribution in [3.63, 3.8) is 0 Å². The lowest BCUT2D eigenvalue weighted by Crippen LogP contribution is -2.08. The molecule has 1 aliphatic heterocycles. The zero-order chi connectivity index (χ0) is 12.2. The molecule has 0 radical (unpaired) electrons. The number of ether oxygens (including phenoxy) is 1. The first-order valence-corrected chi connectivity index (χ1v) is 6.93. The maximum Gasteiger partial charge on any atom is 0.333 e. The van der Waals surface area contributed by atoms with Gasteiger partial charge < -0.3 is 4.74 Å². The van der Waals surface area contributed by atoms with Gasteiger partial charge in [0.15, 0.2) is 0 Å². The third-order valence-corrected chi connectivity index (χ3v) is 2.85. The van der Waals surface area contributed by atoms with Gasteiger partial charge in [-0.25, -0.2) is 4.79 Å². The van der Waals surface area contributed by atoms with E-state index in [0.717, 1.165) is 19.1 Å². The number of rotatable bonds is 6.